The molecule has 3 heterocycles. The number of nitrogens with one attached hydrogen (secondary N) is 1. The van der Waals surface area contributed by atoms with Gasteiger partial charge in [0.05, 0.1) is 13.7 Å². The van der Waals surface area contributed by atoms with Crippen LogP contribution in [0.3, 0.4) is 0 Å². The van der Waals surface area contributed by atoms with Crippen molar-refractivity contribution >= 4 is 11.8 Å². The highest BCUT2D eigenvalue weighted by molar-refractivity contribution is 5.70. The summed E-state index contributed by atoms with van der Waals surface area (Å²) >= 11 is 0. The summed E-state index contributed by atoms with van der Waals surface area (Å²) in [5.41, 5.74) is 2.47. The van der Waals surface area contributed by atoms with E-state index in [2.05, 4.69) is 47.2 Å². The Balaban J connectivity index is 1.45. The van der Waals surface area contributed by atoms with Gasteiger partial charge in [-0.1, -0.05) is 0 Å². The second kappa shape index (κ2) is 6.65. The quantitative estimate of drug-likeness (QED) is 0.895. The predicted molar refractivity (Wildman–Crippen MR) is 101 cm³/mol. The van der Waals surface area contributed by atoms with Gasteiger partial charge in [-0.25, -0.2) is 4.79 Å². The summed E-state index contributed by atoms with van der Waals surface area (Å²) in [4.78, 5) is 16.4. The lowest BCUT2D eigenvalue weighted by atomic mass is 9.90. The highest BCUT2D eigenvalue weighted by atomic mass is 16.6. The van der Waals surface area contributed by atoms with E-state index in [1.807, 2.05) is 0 Å². The maximum absolute atomic E-state index is 11.4. The SMILES string of the molecule is COc1ccc2c(c1)C(CN1CCC3(CC1)CNC(=O)O3)CN2C(C)C. The topological polar surface area (TPSA) is 54.0 Å². The molecule has 26 heavy (non-hydrogen) atoms. The van der Waals surface area contributed by atoms with Crippen LogP contribution in [0.15, 0.2) is 18.2 Å². The zero-order valence-electron chi connectivity index (χ0n) is 16.0. The van der Waals surface area contributed by atoms with Gasteiger partial charge < -0.3 is 24.6 Å². The molecule has 0 aromatic heterocycles. The molecule has 1 atom stereocenters. The third kappa shape index (κ3) is 3.11. The highest BCUT2D eigenvalue weighted by Crippen LogP contribution is 2.40. The number of likely N-dealkylation sites (tertiary alicyclic amines) is 1. The first-order valence-corrected chi connectivity index (χ1v) is 9.63. The number of carbonyl (C=O) groups is 1. The van der Waals surface area contributed by atoms with Crippen molar-refractivity contribution in [3.8, 4) is 5.75 Å². The van der Waals surface area contributed by atoms with Gasteiger partial charge >= 0.3 is 6.09 Å². The van der Waals surface area contributed by atoms with Crippen molar-refractivity contribution < 1.29 is 14.3 Å². The molecule has 0 aliphatic carbocycles. The van der Waals surface area contributed by atoms with Gasteiger partial charge in [0.15, 0.2) is 0 Å². The summed E-state index contributed by atoms with van der Waals surface area (Å²) in [7, 11) is 1.73. The second-order valence-corrected chi connectivity index (χ2v) is 8.09. The minimum atomic E-state index is -0.269. The third-order valence-electron chi connectivity index (χ3n) is 6.13. The molecule has 2 fully saturated rings. The molecule has 2 saturated heterocycles. The van der Waals surface area contributed by atoms with Crippen LogP contribution in [-0.2, 0) is 4.74 Å². The summed E-state index contributed by atoms with van der Waals surface area (Å²) in [6.45, 7) is 9.22. The largest absolute Gasteiger partial charge is 0.497 e. The summed E-state index contributed by atoms with van der Waals surface area (Å²) < 4.78 is 11.0. The fourth-order valence-corrected chi connectivity index (χ4v) is 4.56. The lowest BCUT2D eigenvalue weighted by Gasteiger charge is -2.38. The van der Waals surface area contributed by atoms with E-state index < -0.39 is 0 Å². The fraction of sp³-hybridized carbons (Fsp3) is 0.650. The lowest BCUT2D eigenvalue weighted by molar-refractivity contribution is -0.000113. The van der Waals surface area contributed by atoms with Crippen LogP contribution in [-0.4, -0.2) is 62.5 Å². The van der Waals surface area contributed by atoms with Crippen molar-refractivity contribution in [1.29, 1.82) is 0 Å². The lowest BCUT2D eigenvalue weighted by Crippen LogP contribution is -2.47. The van der Waals surface area contributed by atoms with E-state index >= 15 is 0 Å². The molecular formula is C20H29N3O3. The Morgan fingerprint density at radius 3 is 2.73 bits per heavy atom. The fourth-order valence-electron chi connectivity index (χ4n) is 4.56. The average molecular weight is 359 g/mol. The third-order valence-corrected chi connectivity index (χ3v) is 6.13. The Morgan fingerprint density at radius 2 is 2.12 bits per heavy atom. The Labute approximate surface area is 155 Å². The molecular weight excluding hydrogens is 330 g/mol. The number of alkyl carbamates (subject to hydrolysis) is 1. The Bertz CT molecular complexity index is 683. The van der Waals surface area contributed by atoms with Crippen molar-refractivity contribution in [2.24, 2.45) is 0 Å². The molecule has 1 aromatic rings. The molecule has 3 aliphatic heterocycles. The van der Waals surface area contributed by atoms with E-state index in [1.54, 1.807) is 7.11 Å². The van der Waals surface area contributed by atoms with E-state index in [9.17, 15) is 4.79 Å². The molecule has 1 aromatic carbocycles. The molecule has 1 amide bonds. The van der Waals surface area contributed by atoms with Crippen LogP contribution in [0.4, 0.5) is 10.5 Å². The molecule has 6 heteroatoms. The standard InChI is InChI=1S/C20H29N3O3/c1-14(2)23-12-15(17-10-16(25-3)4-5-18(17)23)11-22-8-6-20(7-9-22)13-21-19(24)26-20/h4-5,10,14-15H,6-9,11-13H2,1-3H3,(H,21,24). The van der Waals surface area contributed by atoms with Gasteiger partial charge in [-0.2, -0.15) is 0 Å². The maximum Gasteiger partial charge on any atom is 0.407 e. The highest BCUT2D eigenvalue weighted by Gasteiger charge is 2.43. The Morgan fingerprint density at radius 1 is 1.35 bits per heavy atom. The monoisotopic (exact) mass is 359 g/mol. The summed E-state index contributed by atoms with van der Waals surface area (Å²) in [6, 6.07) is 6.95. The molecule has 0 saturated carbocycles. The van der Waals surface area contributed by atoms with E-state index in [4.69, 9.17) is 9.47 Å². The number of piperidine rings is 1. The molecule has 0 radical (unpaired) electrons. The van der Waals surface area contributed by atoms with Gasteiger partial charge in [0.1, 0.15) is 11.4 Å². The number of amides is 1. The molecule has 1 spiro atoms. The van der Waals surface area contributed by atoms with Crippen LogP contribution in [0.5, 0.6) is 5.75 Å². The van der Waals surface area contributed by atoms with Crippen molar-refractivity contribution in [2.45, 2.75) is 44.2 Å². The summed E-state index contributed by atoms with van der Waals surface area (Å²) in [5.74, 6) is 1.42. The first-order chi connectivity index (χ1) is 12.5. The number of nitrogens with zero attached hydrogens (tertiary/aromatic N) is 2. The van der Waals surface area contributed by atoms with Crippen LogP contribution in [0, 0.1) is 0 Å². The first kappa shape index (κ1) is 17.5. The molecule has 1 unspecified atom stereocenters. The number of rotatable bonds is 4. The predicted octanol–water partition coefficient (Wildman–Crippen LogP) is 2.58. The van der Waals surface area contributed by atoms with Crippen LogP contribution in [0.25, 0.3) is 0 Å². The van der Waals surface area contributed by atoms with Gasteiger partial charge in [0.25, 0.3) is 0 Å². The van der Waals surface area contributed by atoms with Crippen molar-refractivity contribution in [3.63, 3.8) is 0 Å². The van der Waals surface area contributed by atoms with Crippen molar-refractivity contribution in [2.75, 3.05) is 44.7 Å². The van der Waals surface area contributed by atoms with Crippen LogP contribution in [0.1, 0.15) is 38.2 Å². The van der Waals surface area contributed by atoms with Gasteiger partial charge in [0.2, 0.25) is 0 Å². The van der Waals surface area contributed by atoms with E-state index in [0.29, 0.717) is 18.5 Å². The molecule has 3 aliphatic rings. The second-order valence-electron chi connectivity index (χ2n) is 8.09. The summed E-state index contributed by atoms with van der Waals surface area (Å²) in [5, 5.41) is 2.81. The molecule has 142 valence electrons. The van der Waals surface area contributed by atoms with Gasteiger partial charge in [0, 0.05) is 56.7 Å². The number of anilines is 1. The number of carbonyl (C=O) groups excluding carboxylic acids is 1. The Hall–Kier alpha value is -1.95. The van der Waals surface area contributed by atoms with Crippen LogP contribution < -0.4 is 15.0 Å². The maximum atomic E-state index is 11.4. The number of benzene rings is 1. The molecule has 4 rings (SSSR count). The normalized spacial score (nSPS) is 24.7. The summed E-state index contributed by atoms with van der Waals surface area (Å²) in [6.07, 6.45) is 1.57. The number of hydrogen-bond donors (Lipinski definition) is 1. The van der Waals surface area contributed by atoms with E-state index in [1.165, 1.54) is 11.3 Å². The molecule has 1 N–H and O–H groups in total. The smallest absolute Gasteiger partial charge is 0.407 e. The van der Waals surface area contributed by atoms with Gasteiger partial charge in [-0.3, -0.25) is 0 Å². The van der Waals surface area contributed by atoms with Crippen LogP contribution >= 0.6 is 0 Å². The van der Waals surface area contributed by atoms with E-state index in [0.717, 1.165) is 44.8 Å². The van der Waals surface area contributed by atoms with Crippen molar-refractivity contribution in [1.82, 2.24) is 10.2 Å². The molecule has 0 bridgehead atoms. The van der Waals surface area contributed by atoms with Crippen LogP contribution in [0.2, 0.25) is 0 Å². The number of fused-ring (bicyclic) bond motifs is 1. The number of methoxy groups -OCH3 is 1. The zero-order valence-corrected chi connectivity index (χ0v) is 16.0. The average Bonchev–Trinajstić information content (AvgIpc) is 3.18. The Kier molecular flexibility index (Phi) is 4.47. The van der Waals surface area contributed by atoms with E-state index in [-0.39, 0.29) is 11.7 Å². The van der Waals surface area contributed by atoms with Crippen molar-refractivity contribution in [3.05, 3.63) is 23.8 Å². The molecule has 6 nitrogen and oxygen atoms in total. The van der Waals surface area contributed by atoms with Gasteiger partial charge in [-0.05, 0) is 37.6 Å². The minimum Gasteiger partial charge on any atom is -0.497 e. The number of hydrogen-bond acceptors (Lipinski definition) is 5. The number of ether oxygens (including phenoxy) is 2. The first-order valence-electron chi connectivity index (χ1n) is 9.63. The zero-order chi connectivity index (χ0) is 18.3. The minimum absolute atomic E-state index is 0.261. The van der Waals surface area contributed by atoms with Gasteiger partial charge in [-0.15, -0.1) is 0 Å².